The molecule has 194 valence electrons. The molecule has 2 aromatic carbocycles. The molecule has 0 saturated heterocycles. The zero-order chi connectivity index (χ0) is 26.5. The van der Waals surface area contributed by atoms with Crippen LogP contribution >= 0.6 is 0 Å². The maximum atomic E-state index is 13.3. The molecule has 0 unspecified atom stereocenters. The molecule has 1 atom stereocenters. The lowest BCUT2D eigenvalue weighted by atomic mass is 9.95. The van der Waals surface area contributed by atoms with Crippen molar-refractivity contribution in [2.24, 2.45) is 0 Å². The number of benzene rings is 2. The summed E-state index contributed by atoms with van der Waals surface area (Å²) in [5.74, 6) is 0.472. The summed E-state index contributed by atoms with van der Waals surface area (Å²) in [5, 5.41) is 10.7. The Morgan fingerprint density at radius 1 is 1.00 bits per heavy atom. The smallest absolute Gasteiger partial charge is 0.290 e. The first-order valence-electron chi connectivity index (χ1n) is 12.2. The monoisotopic (exact) mass is 504 g/mol. The molecule has 8 nitrogen and oxygen atoms in total. The number of furan rings is 1. The number of aryl methyl sites for hydroxylation is 2. The van der Waals surface area contributed by atoms with Crippen LogP contribution in [0.2, 0.25) is 0 Å². The topological polar surface area (TPSA) is 92.5 Å². The number of Topliss-reactive ketones (excluding diaryl/α,β-unsaturated/α-hetero) is 1. The van der Waals surface area contributed by atoms with Gasteiger partial charge in [-0.1, -0.05) is 30.3 Å². The average molecular weight is 505 g/mol. The van der Waals surface area contributed by atoms with Gasteiger partial charge in [-0.2, -0.15) is 0 Å². The first kappa shape index (κ1) is 26.0. The number of ketones is 1. The van der Waals surface area contributed by atoms with Crippen molar-refractivity contribution in [2.45, 2.75) is 19.9 Å². The van der Waals surface area contributed by atoms with Crippen LogP contribution in [-0.4, -0.2) is 67.0 Å². The van der Waals surface area contributed by atoms with Gasteiger partial charge in [-0.25, -0.2) is 0 Å². The maximum absolute atomic E-state index is 13.3. The van der Waals surface area contributed by atoms with Gasteiger partial charge in [-0.05, 0) is 69.4 Å². The number of para-hydroxylation sites is 1. The number of carbonyl (C=O) groups excluding carboxylic acids is 2. The minimum Gasteiger partial charge on any atom is -0.503 e. The van der Waals surface area contributed by atoms with Crippen molar-refractivity contribution in [1.82, 2.24) is 9.80 Å². The summed E-state index contributed by atoms with van der Waals surface area (Å²) < 4.78 is 17.1. The standard InChI is InChI=1S/C29H32N2O6/c1-19-7-5-6-8-23(19)36-18-17-35-22-12-10-21(11-13-22)26-25(27(32)24-14-9-20(2)37-24)28(33)29(34)31(26)16-15-30(3)4/h5-14,26,33H,15-18H2,1-4H3/t26-/m1/s1. The Balaban J connectivity index is 1.51. The van der Waals surface area contributed by atoms with Gasteiger partial charge in [0.1, 0.15) is 30.5 Å². The van der Waals surface area contributed by atoms with Crippen LogP contribution in [0.15, 0.2) is 76.4 Å². The highest BCUT2D eigenvalue weighted by Crippen LogP contribution is 2.39. The summed E-state index contributed by atoms with van der Waals surface area (Å²) in [7, 11) is 3.80. The van der Waals surface area contributed by atoms with Crippen molar-refractivity contribution >= 4 is 11.7 Å². The number of hydrogen-bond donors (Lipinski definition) is 1. The molecule has 2 heterocycles. The summed E-state index contributed by atoms with van der Waals surface area (Å²) in [6, 6.07) is 17.5. The molecule has 37 heavy (non-hydrogen) atoms. The third-order valence-corrected chi connectivity index (χ3v) is 6.20. The molecule has 0 spiro atoms. The van der Waals surface area contributed by atoms with E-state index in [0.717, 1.165) is 11.3 Å². The quantitative estimate of drug-likeness (QED) is 0.304. The third-order valence-electron chi connectivity index (χ3n) is 6.20. The van der Waals surface area contributed by atoms with E-state index >= 15 is 0 Å². The molecule has 1 aliphatic rings. The van der Waals surface area contributed by atoms with Crippen LogP contribution in [0.3, 0.4) is 0 Å². The van der Waals surface area contributed by atoms with Gasteiger partial charge in [0.25, 0.3) is 5.91 Å². The van der Waals surface area contributed by atoms with E-state index < -0.39 is 23.5 Å². The molecule has 1 aromatic heterocycles. The Bertz CT molecular complexity index is 1290. The molecule has 1 amide bonds. The Morgan fingerprint density at radius 3 is 2.35 bits per heavy atom. The van der Waals surface area contributed by atoms with Gasteiger partial charge >= 0.3 is 0 Å². The van der Waals surface area contributed by atoms with Crippen LogP contribution in [0.25, 0.3) is 0 Å². The zero-order valence-corrected chi connectivity index (χ0v) is 21.6. The first-order chi connectivity index (χ1) is 17.8. The Morgan fingerprint density at radius 2 is 1.70 bits per heavy atom. The van der Waals surface area contributed by atoms with Gasteiger partial charge in [-0.15, -0.1) is 0 Å². The number of carbonyl (C=O) groups is 2. The Kier molecular flexibility index (Phi) is 7.98. The van der Waals surface area contributed by atoms with Gasteiger partial charge in [0.15, 0.2) is 11.5 Å². The molecular formula is C29H32N2O6. The van der Waals surface area contributed by atoms with Crippen molar-refractivity contribution in [2.75, 3.05) is 40.4 Å². The van der Waals surface area contributed by atoms with Gasteiger partial charge in [0.05, 0.1) is 11.6 Å². The van der Waals surface area contributed by atoms with E-state index in [4.69, 9.17) is 13.9 Å². The van der Waals surface area contributed by atoms with Crippen LogP contribution < -0.4 is 9.47 Å². The van der Waals surface area contributed by atoms with Crippen molar-refractivity contribution in [3.63, 3.8) is 0 Å². The molecule has 0 radical (unpaired) electrons. The average Bonchev–Trinajstić information content (AvgIpc) is 3.42. The number of aliphatic hydroxyl groups is 1. The van der Waals surface area contributed by atoms with Crippen LogP contribution in [0.5, 0.6) is 11.5 Å². The number of aliphatic hydroxyl groups excluding tert-OH is 1. The summed E-state index contributed by atoms with van der Waals surface area (Å²) >= 11 is 0. The van der Waals surface area contributed by atoms with Gasteiger partial charge in [0, 0.05) is 13.1 Å². The van der Waals surface area contributed by atoms with E-state index in [9.17, 15) is 14.7 Å². The molecular weight excluding hydrogens is 472 g/mol. The minimum absolute atomic E-state index is 0.0124. The molecule has 8 heteroatoms. The van der Waals surface area contributed by atoms with Crippen molar-refractivity contribution in [3.8, 4) is 11.5 Å². The van der Waals surface area contributed by atoms with E-state index in [1.807, 2.05) is 50.2 Å². The Hall–Kier alpha value is -4.04. The second-order valence-corrected chi connectivity index (χ2v) is 9.24. The van der Waals surface area contributed by atoms with E-state index in [1.54, 1.807) is 43.3 Å². The number of ether oxygens (including phenoxy) is 2. The van der Waals surface area contributed by atoms with Gasteiger partial charge in [-0.3, -0.25) is 9.59 Å². The first-order valence-corrected chi connectivity index (χ1v) is 12.2. The van der Waals surface area contributed by atoms with E-state index in [0.29, 0.717) is 43.4 Å². The molecule has 3 aromatic rings. The van der Waals surface area contributed by atoms with Gasteiger partial charge < -0.3 is 28.8 Å². The number of amides is 1. The molecule has 0 bridgehead atoms. The van der Waals surface area contributed by atoms with Crippen molar-refractivity contribution in [3.05, 3.63) is 94.6 Å². The highest BCUT2D eigenvalue weighted by molar-refractivity contribution is 6.15. The molecule has 4 rings (SSSR count). The zero-order valence-electron chi connectivity index (χ0n) is 21.6. The van der Waals surface area contributed by atoms with E-state index in [1.165, 1.54) is 4.90 Å². The molecule has 1 aliphatic heterocycles. The maximum Gasteiger partial charge on any atom is 0.290 e. The SMILES string of the molecule is Cc1ccc(C(=O)C2=C(O)C(=O)N(CCN(C)C)[C@@H]2c2ccc(OCCOc3ccccc3C)cc2)o1. The fraction of sp³-hybridized carbons (Fsp3) is 0.310. The number of likely N-dealkylation sites (N-methyl/N-ethyl adjacent to an activating group) is 1. The highest BCUT2D eigenvalue weighted by Gasteiger charge is 2.44. The second kappa shape index (κ2) is 11.3. The largest absolute Gasteiger partial charge is 0.503 e. The summed E-state index contributed by atoms with van der Waals surface area (Å²) in [6.45, 7) is 5.37. The lowest BCUT2D eigenvalue weighted by molar-refractivity contribution is -0.129. The molecule has 0 fully saturated rings. The van der Waals surface area contributed by atoms with Crippen molar-refractivity contribution in [1.29, 1.82) is 0 Å². The second-order valence-electron chi connectivity index (χ2n) is 9.24. The highest BCUT2D eigenvalue weighted by atomic mass is 16.5. The molecule has 1 N–H and O–H groups in total. The van der Waals surface area contributed by atoms with Crippen molar-refractivity contribution < 1.29 is 28.6 Å². The lowest BCUT2D eigenvalue weighted by Crippen LogP contribution is -2.36. The van der Waals surface area contributed by atoms with E-state index in [2.05, 4.69) is 0 Å². The summed E-state index contributed by atoms with van der Waals surface area (Å²) in [6.07, 6.45) is 0. The van der Waals surface area contributed by atoms with Crippen LogP contribution in [0.1, 0.15) is 33.5 Å². The number of hydrogen-bond acceptors (Lipinski definition) is 7. The number of nitrogens with zero attached hydrogens (tertiary/aromatic N) is 2. The fourth-order valence-corrected chi connectivity index (χ4v) is 4.24. The summed E-state index contributed by atoms with van der Waals surface area (Å²) in [4.78, 5) is 29.8. The normalized spacial score (nSPS) is 15.5. The van der Waals surface area contributed by atoms with Crippen LogP contribution in [-0.2, 0) is 4.79 Å². The van der Waals surface area contributed by atoms with Crippen LogP contribution in [0, 0.1) is 13.8 Å². The minimum atomic E-state index is -0.746. The molecule has 0 aliphatic carbocycles. The third kappa shape index (κ3) is 5.86. The van der Waals surface area contributed by atoms with E-state index in [-0.39, 0.29) is 11.3 Å². The lowest BCUT2D eigenvalue weighted by Gasteiger charge is -2.28. The predicted octanol–water partition coefficient (Wildman–Crippen LogP) is 4.49. The summed E-state index contributed by atoms with van der Waals surface area (Å²) in [5.41, 5.74) is 1.76. The fourth-order valence-electron chi connectivity index (χ4n) is 4.24. The van der Waals surface area contributed by atoms with Crippen LogP contribution in [0.4, 0.5) is 0 Å². The predicted molar refractivity (Wildman–Crippen MR) is 139 cm³/mol. The molecule has 0 saturated carbocycles. The Labute approximate surface area is 216 Å². The number of rotatable bonds is 11. The van der Waals surface area contributed by atoms with Gasteiger partial charge in [0.2, 0.25) is 5.78 Å².